The molecular formula is C15H19FN2S. The Morgan fingerprint density at radius 3 is 2.68 bits per heavy atom. The van der Waals surface area contributed by atoms with E-state index < -0.39 is 0 Å². The molecule has 2 rings (SSSR count). The van der Waals surface area contributed by atoms with E-state index in [1.54, 1.807) is 17.4 Å². The molecule has 0 radical (unpaired) electrons. The molecule has 0 bridgehead atoms. The molecule has 0 spiro atoms. The third-order valence-corrected chi connectivity index (χ3v) is 4.26. The first-order chi connectivity index (χ1) is 9.08. The molecule has 19 heavy (non-hydrogen) atoms. The number of nitrogens with zero attached hydrogens (tertiary/aromatic N) is 1. The van der Waals surface area contributed by atoms with Crippen molar-refractivity contribution in [3.63, 3.8) is 0 Å². The second kappa shape index (κ2) is 6.26. The highest BCUT2D eigenvalue weighted by Gasteiger charge is 2.12. The number of benzene rings is 1. The van der Waals surface area contributed by atoms with E-state index in [0.29, 0.717) is 6.04 Å². The zero-order valence-corrected chi connectivity index (χ0v) is 12.4. The average Bonchev–Trinajstić information content (AvgIpc) is 2.77. The van der Waals surface area contributed by atoms with Crippen LogP contribution in [0.15, 0.2) is 23.6 Å². The summed E-state index contributed by atoms with van der Waals surface area (Å²) in [6.07, 6.45) is 1.80. The van der Waals surface area contributed by atoms with Gasteiger partial charge in [-0.25, -0.2) is 9.37 Å². The van der Waals surface area contributed by atoms with Crippen LogP contribution in [0.2, 0.25) is 0 Å². The van der Waals surface area contributed by atoms with E-state index in [1.807, 2.05) is 27.0 Å². The number of thiazole rings is 1. The predicted molar refractivity (Wildman–Crippen MR) is 78.2 cm³/mol. The monoisotopic (exact) mass is 278 g/mol. The van der Waals surface area contributed by atoms with Crippen LogP contribution in [-0.4, -0.2) is 18.1 Å². The van der Waals surface area contributed by atoms with Gasteiger partial charge in [-0.2, -0.15) is 0 Å². The van der Waals surface area contributed by atoms with Gasteiger partial charge >= 0.3 is 0 Å². The Labute approximate surface area is 117 Å². The van der Waals surface area contributed by atoms with Crippen LogP contribution in [0.3, 0.4) is 0 Å². The highest BCUT2D eigenvalue weighted by molar-refractivity contribution is 7.09. The van der Waals surface area contributed by atoms with Crippen molar-refractivity contribution in [2.45, 2.75) is 32.7 Å². The third-order valence-electron chi connectivity index (χ3n) is 3.27. The van der Waals surface area contributed by atoms with Crippen LogP contribution >= 0.6 is 11.3 Å². The van der Waals surface area contributed by atoms with Gasteiger partial charge in [0.05, 0.1) is 5.01 Å². The minimum atomic E-state index is -0.169. The van der Waals surface area contributed by atoms with E-state index in [4.69, 9.17) is 0 Å². The fourth-order valence-corrected chi connectivity index (χ4v) is 2.99. The third kappa shape index (κ3) is 3.85. The highest BCUT2D eigenvalue weighted by Crippen LogP contribution is 2.16. The maximum Gasteiger partial charge on any atom is 0.123 e. The molecule has 1 unspecified atom stereocenters. The van der Waals surface area contributed by atoms with Crippen LogP contribution < -0.4 is 5.32 Å². The van der Waals surface area contributed by atoms with E-state index in [-0.39, 0.29) is 5.82 Å². The van der Waals surface area contributed by atoms with E-state index in [0.717, 1.165) is 29.1 Å². The van der Waals surface area contributed by atoms with Crippen LogP contribution in [0.1, 0.15) is 21.8 Å². The number of likely N-dealkylation sites (N-methyl/N-ethyl adjacent to an activating group) is 1. The SMILES string of the molecule is CNC(Cc1nc(C)cs1)Cc1ccc(F)cc1C. The Hall–Kier alpha value is -1.26. The number of aromatic nitrogens is 1. The summed E-state index contributed by atoms with van der Waals surface area (Å²) in [5, 5.41) is 6.55. The fourth-order valence-electron chi connectivity index (χ4n) is 2.14. The molecule has 1 atom stereocenters. The lowest BCUT2D eigenvalue weighted by Crippen LogP contribution is -2.30. The molecule has 1 aromatic carbocycles. The molecule has 2 nitrogen and oxygen atoms in total. The molecule has 0 saturated heterocycles. The minimum Gasteiger partial charge on any atom is -0.316 e. The smallest absolute Gasteiger partial charge is 0.123 e. The lowest BCUT2D eigenvalue weighted by Gasteiger charge is -2.16. The van der Waals surface area contributed by atoms with Crippen LogP contribution in [0.4, 0.5) is 4.39 Å². The van der Waals surface area contributed by atoms with Crippen molar-refractivity contribution in [1.82, 2.24) is 10.3 Å². The summed E-state index contributed by atoms with van der Waals surface area (Å²) in [7, 11) is 1.96. The Bertz CT molecular complexity index is 551. The van der Waals surface area contributed by atoms with Crippen LogP contribution in [0.5, 0.6) is 0 Å². The summed E-state index contributed by atoms with van der Waals surface area (Å²) in [6, 6.07) is 5.33. The molecule has 1 heterocycles. The Kier molecular flexibility index (Phi) is 4.66. The van der Waals surface area contributed by atoms with Gasteiger partial charge in [-0.1, -0.05) is 6.07 Å². The van der Waals surface area contributed by atoms with Crippen LogP contribution in [0.25, 0.3) is 0 Å². The van der Waals surface area contributed by atoms with Crippen molar-refractivity contribution in [1.29, 1.82) is 0 Å². The first-order valence-corrected chi connectivity index (χ1v) is 7.29. The quantitative estimate of drug-likeness (QED) is 0.908. The highest BCUT2D eigenvalue weighted by atomic mass is 32.1. The van der Waals surface area contributed by atoms with Gasteiger partial charge in [0.2, 0.25) is 0 Å². The van der Waals surface area contributed by atoms with E-state index in [9.17, 15) is 4.39 Å². The van der Waals surface area contributed by atoms with Crippen molar-refractivity contribution in [3.05, 3.63) is 51.2 Å². The molecule has 0 aliphatic carbocycles. The largest absolute Gasteiger partial charge is 0.316 e. The first kappa shape index (κ1) is 14.2. The molecule has 1 aromatic heterocycles. The predicted octanol–water partition coefficient (Wildman–Crippen LogP) is 3.27. The van der Waals surface area contributed by atoms with E-state index in [1.165, 1.54) is 11.6 Å². The Morgan fingerprint density at radius 1 is 1.32 bits per heavy atom. The number of hydrogen-bond acceptors (Lipinski definition) is 3. The van der Waals surface area contributed by atoms with Crippen molar-refractivity contribution in [2.24, 2.45) is 0 Å². The molecule has 4 heteroatoms. The zero-order chi connectivity index (χ0) is 13.8. The summed E-state index contributed by atoms with van der Waals surface area (Å²) >= 11 is 1.70. The van der Waals surface area contributed by atoms with Crippen LogP contribution in [0, 0.1) is 19.7 Å². The van der Waals surface area contributed by atoms with Gasteiger partial charge in [-0.15, -0.1) is 11.3 Å². The topological polar surface area (TPSA) is 24.9 Å². The second-order valence-electron chi connectivity index (χ2n) is 4.85. The van der Waals surface area contributed by atoms with Gasteiger partial charge in [0.15, 0.2) is 0 Å². The zero-order valence-electron chi connectivity index (χ0n) is 11.5. The van der Waals surface area contributed by atoms with Gasteiger partial charge in [-0.05, 0) is 50.6 Å². The fraction of sp³-hybridized carbons (Fsp3) is 0.400. The number of nitrogens with one attached hydrogen (secondary N) is 1. The number of rotatable bonds is 5. The van der Waals surface area contributed by atoms with Crippen molar-refractivity contribution < 1.29 is 4.39 Å². The summed E-state index contributed by atoms with van der Waals surface area (Å²) in [4.78, 5) is 4.50. The van der Waals surface area contributed by atoms with Crippen molar-refractivity contribution in [3.8, 4) is 0 Å². The normalized spacial score (nSPS) is 12.6. The van der Waals surface area contributed by atoms with Gasteiger partial charge in [0, 0.05) is 23.5 Å². The number of hydrogen-bond donors (Lipinski definition) is 1. The molecule has 0 aliphatic rings. The van der Waals surface area contributed by atoms with Gasteiger partial charge < -0.3 is 5.32 Å². The van der Waals surface area contributed by atoms with E-state index >= 15 is 0 Å². The molecule has 0 fully saturated rings. The van der Waals surface area contributed by atoms with Gasteiger partial charge in [0.1, 0.15) is 5.82 Å². The molecule has 1 N–H and O–H groups in total. The lowest BCUT2D eigenvalue weighted by atomic mass is 9.99. The summed E-state index contributed by atoms with van der Waals surface area (Å²) in [5.41, 5.74) is 3.28. The summed E-state index contributed by atoms with van der Waals surface area (Å²) in [5.74, 6) is -0.169. The van der Waals surface area contributed by atoms with Crippen LogP contribution in [-0.2, 0) is 12.8 Å². The molecule has 0 amide bonds. The van der Waals surface area contributed by atoms with Crippen molar-refractivity contribution >= 4 is 11.3 Å². The molecular weight excluding hydrogens is 259 g/mol. The standard InChI is InChI=1S/C15H19FN2S/c1-10-6-13(16)5-4-12(10)7-14(17-3)8-15-18-11(2)9-19-15/h4-6,9,14,17H,7-8H2,1-3H3. The molecule has 2 aromatic rings. The first-order valence-electron chi connectivity index (χ1n) is 6.42. The van der Waals surface area contributed by atoms with Gasteiger partial charge in [-0.3, -0.25) is 0 Å². The second-order valence-corrected chi connectivity index (χ2v) is 5.79. The Balaban J connectivity index is 2.06. The summed E-state index contributed by atoms with van der Waals surface area (Å²) in [6.45, 7) is 3.97. The minimum absolute atomic E-state index is 0.169. The number of aryl methyl sites for hydroxylation is 2. The van der Waals surface area contributed by atoms with Crippen molar-refractivity contribution in [2.75, 3.05) is 7.05 Å². The van der Waals surface area contributed by atoms with Gasteiger partial charge in [0.25, 0.3) is 0 Å². The maximum atomic E-state index is 13.1. The number of halogens is 1. The van der Waals surface area contributed by atoms with E-state index in [2.05, 4.69) is 15.7 Å². The molecule has 102 valence electrons. The average molecular weight is 278 g/mol. The summed E-state index contributed by atoms with van der Waals surface area (Å²) < 4.78 is 13.1. The molecule has 0 saturated carbocycles. The lowest BCUT2D eigenvalue weighted by molar-refractivity contribution is 0.552. The maximum absolute atomic E-state index is 13.1. The Morgan fingerprint density at radius 2 is 2.11 bits per heavy atom. The molecule has 0 aliphatic heterocycles.